The summed E-state index contributed by atoms with van der Waals surface area (Å²) in [6, 6.07) is 10.3. The summed E-state index contributed by atoms with van der Waals surface area (Å²) in [7, 11) is 1.89. The van der Waals surface area contributed by atoms with Crippen LogP contribution in [0.1, 0.15) is 16.9 Å². The van der Waals surface area contributed by atoms with Gasteiger partial charge in [0.05, 0.1) is 0 Å². The Labute approximate surface area is 146 Å². The number of benzene rings is 1. The molecule has 0 radical (unpaired) electrons. The van der Waals surface area contributed by atoms with Crippen molar-refractivity contribution in [3.63, 3.8) is 0 Å². The van der Waals surface area contributed by atoms with Crippen LogP contribution >= 0.6 is 0 Å². The maximum atomic E-state index is 13.3. The van der Waals surface area contributed by atoms with Gasteiger partial charge in [-0.15, -0.1) is 0 Å². The number of halogens is 1. The first-order valence-electron chi connectivity index (χ1n) is 8.67. The summed E-state index contributed by atoms with van der Waals surface area (Å²) in [4.78, 5) is 17.0. The highest BCUT2D eigenvalue weighted by atomic mass is 19.1. The molecule has 2 fully saturated rings. The van der Waals surface area contributed by atoms with Gasteiger partial charge in [-0.2, -0.15) is 0 Å². The van der Waals surface area contributed by atoms with Crippen LogP contribution in [-0.2, 0) is 7.05 Å². The van der Waals surface area contributed by atoms with Crippen LogP contribution in [0.3, 0.4) is 0 Å². The third-order valence-electron chi connectivity index (χ3n) is 5.13. The monoisotopic (exact) mass is 343 g/mol. The molecular weight excluding hydrogens is 321 g/mol. The van der Waals surface area contributed by atoms with Crippen molar-refractivity contribution in [1.29, 1.82) is 0 Å². The molecule has 5 nitrogen and oxygen atoms in total. The molecule has 0 saturated carbocycles. The second-order valence-corrected chi connectivity index (χ2v) is 6.84. The summed E-state index contributed by atoms with van der Waals surface area (Å²) in [5.74, 6) is 0.371. The lowest BCUT2D eigenvalue weighted by Crippen LogP contribution is -2.52. The van der Waals surface area contributed by atoms with Crippen molar-refractivity contribution < 1.29 is 13.9 Å². The number of hydrogen-bond donors (Lipinski definition) is 0. The fourth-order valence-corrected chi connectivity index (χ4v) is 3.84. The molecular formula is C19H22FN3O2. The van der Waals surface area contributed by atoms with E-state index in [1.165, 1.54) is 12.1 Å². The zero-order chi connectivity index (χ0) is 17.4. The number of carbonyl (C=O) groups is 1. The largest absolute Gasteiger partial charge is 0.489 e. The molecule has 0 N–H and O–H groups in total. The average molecular weight is 343 g/mol. The van der Waals surface area contributed by atoms with Gasteiger partial charge in [0, 0.05) is 58.0 Å². The zero-order valence-corrected chi connectivity index (χ0v) is 14.3. The van der Waals surface area contributed by atoms with Crippen molar-refractivity contribution in [1.82, 2.24) is 14.4 Å². The van der Waals surface area contributed by atoms with Crippen LogP contribution < -0.4 is 4.74 Å². The van der Waals surface area contributed by atoms with Crippen molar-refractivity contribution in [2.75, 3.05) is 26.2 Å². The van der Waals surface area contributed by atoms with Gasteiger partial charge >= 0.3 is 0 Å². The summed E-state index contributed by atoms with van der Waals surface area (Å²) >= 11 is 0. The summed E-state index contributed by atoms with van der Waals surface area (Å²) in [5, 5.41) is 0. The van der Waals surface area contributed by atoms with E-state index in [-0.39, 0.29) is 17.8 Å². The molecule has 132 valence electrons. The minimum atomic E-state index is -0.285. The highest BCUT2D eigenvalue weighted by Gasteiger charge is 2.38. The van der Waals surface area contributed by atoms with E-state index in [2.05, 4.69) is 4.90 Å². The van der Waals surface area contributed by atoms with Gasteiger partial charge in [-0.25, -0.2) is 4.39 Å². The average Bonchev–Trinajstić information content (AvgIpc) is 3.19. The summed E-state index contributed by atoms with van der Waals surface area (Å²) in [6.07, 6.45) is 2.78. The van der Waals surface area contributed by atoms with E-state index >= 15 is 0 Å². The Kier molecular flexibility index (Phi) is 4.21. The van der Waals surface area contributed by atoms with Crippen molar-refractivity contribution >= 4 is 5.91 Å². The maximum absolute atomic E-state index is 13.3. The van der Waals surface area contributed by atoms with Crippen molar-refractivity contribution in [3.8, 4) is 5.75 Å². The standard InChI is InChI=1S/C19H22FN3O2/c1-21-7-3-6-18(21)19(24)23-9-8-22-13-17(11-15(22)12-23)25-16-5-2-4-14(20)10-16/h2-7,10,15,17H,8-9,11-13H2,1H3/t15-,17+/m0/s1. The molecule has 2 aliphatic rings. The Morgan fingerprint density at radius 1 is 1.20 bits per heavy atom. The smallest absolute Gasteiger partial charge is 0.270 e. The molecule has 2 atom stereocenters. The summed E-state index contributed by atoms with van der Waals surface area (Å²) in [5.41, 5.74) is 0.721. The van der Waals surface area contributed by atoms with Crippen molar-refractivity contribution in [2.24, 2.45) is 7.05 Å². The van der Waals surface area contributed by atoms with Gasteiger partial charge in [-0.1, -0.05) is 6.07 Å². The Bertz CT molecular complexity index is 776. The zero-order valence-electron chi connectivity index (χ0n) is 14.3. The van der Waals surface area contributed by atoms with E-state index < -0.39 is 0 Å². The van der Waals surface area contributed by atoms with Crippen LogP contribution in [-0.4, -0.2) is 58.6 Å². The van der Waals surface area contributed by atoms with E-state index in [1.807, 2.05) is 34.8 Å². The molecule has 2 aromatic rings. The van der Waals surface area contributed by atoms with Crippen LogP contribution in [0.25, 0.3) is 0 Å². The van der Waals surface area contributed by atoms with Crippen molar-refractivity contribution in [2.45, 2.75) is 18.6 Å². The number of piperazine rings is 1. The van der Waals surface area contributed by atoms with Gasteiger partial charge < -0.3 is 14.2 Å². The van der Waals surface area contributed by atoms with Gasteiger partial charge in [0.2, 0.25) is 0 Å². The predicted octanol–water partition coefficient (Wildman–Crippen LogP) is 2.14. The molecule has 1 amide bonds. The van der Waals surface area contributed by atoms with Gasteiger partial charge in [0.15, 0.2) is 0 Å². The SMILES string of the molecule is Cn1cccc1C(=O)N1CCN2C[C@H](Oc3cccc(F)c3)C[C@H]2C1. The normalized spacial score (nSPS) is 23.5. The number of nitrogens with zero attached hydrogens (tertiary/aromatic N) is 3. The lowest BCUT2D eigenvalue weighted by atomic mass is 10.1. The number of fused-ring (bicyclic) bond motifs is 1. The van der Waals surface area contributed by atoms with Gasteiger partial charge in [-0.3, -0.25) is 9.69 Å². The van der Waals surface area contributed by atoms with Crippen LogP contribution in [0.15, 0.2) is 42.6 Å². The Hall–Kier alpha value is -2.34. The molecule has 2 aliphatic heterocycles. The highest BCUT2D eigenvalue weighted by Crippen LogP contribution is 2.26. The molecule has 0 spiro atoms. The minimum absolute atomic E-state index is 0.0388. The number of aromatic nitrogens is 1. The van der Waals surface area contributed by atoms with Gasteiger partial charge in [-0.05, 0) is 24.3 Å². The highest BCUT2D eigenvalue weighted by molar-refractivity contribution is 5.92. The minimum Gasteiger partial charge on any atom is -0.489 e. The molecule has 0 unspecified atom stereocenters. The number of amides is 1. The molecule has 6 heteroatoms. The molecule has 1 aromatic heterocycles. The first-order valence-corrected chi connectivity index (χ1v) is 8.67. The van der Waals surface area contributed by atoms with E-state index in [0.29, 0.717) is 18.3 Å². The maximum Gasteiger partial charge on any atom is 0.270 e. The van der Waals surface area contributed by atoms with Gasteiger partial charge in [0.1, 0.15) is 23.4 Å². The first-order chi connectivity index (χ1) is 12.1. The third-order valence-corrected chi connectivity index (χ3v) is 5.13. The lowest BCUT2D eigenvalue weighted by molar-refractivity contribution is 0.0561. The molecule has 3 heterocycles. The Morgan fingerprint density at radius 2 is 2.08 bits per heavy atom. The van der Waals surface area contributed by atoms with Crippen LogP contribution in [0.2, 0.25) is 0 Å². The summed E-state index contributed by atoms with van der Waals surface area (Å²) in [6.45, 7) is 3.12. The van der Waals surface area contributed by atoms with E-state index in [1.54, 1.807) is 12.1 Å². The Balaban J connectivity index is 1.39. The Morgan fingerprint density at radius 3 is 2.84 bits per heavy atom. The third kappa shape index (κ3) is 3.26. The first kappa shape index (κ1) is 16.1. The number of rotatable bonds is 3. The van der Waals surface area contributed by atoms with Crippen LogP contribution in [0.5, 0.6) is 5.75 Å². The van der Waals surface area contributed by atoms with Crippen molar-refractivity contribution in [3.05, 3.63) is 54.1 Å². The number of hydrogen-bond acceptors (Lipinski definition) is 3. The molecule has 1 aromatic carbocycles. The second-order valence-electron chi connectivity index (χ2n) is 6.84. The molecule has 0 aliphatic carbocycles. The molecule has 0 bridgehead atoms. The number of aryl methyl sites for hydroxylation is 1. The van der Waals surface area contributed by atoms with Crippen LogP contribution in [0, 0.1) is 5.82 Å². The molecule has 25 heavy (non-hydrogen) atoms. The van der Waals surface area contributed by atoms with E-state index in [0.717, 1.165) is 31.7 Å². The fourth-order valence-electron chi connectivity index (χ4n) is 3.84. The molecule has 2 saturated heterocycles. The van der Waals surface area contributed by atoms with Gasteiger partial charge in [0.25, 0.3) is 5.91 Å². The second kappa shape index (κ2) is 6.52. The molecule has 4 rings (SSSR count). The fraction of sp³-hybridized carbons (Fsp3) is 0.421. The lowest BCUT2D eigenvalue weighted by Gasteiger charge is -2.37. The predicted molar refractivity (Wildman–Crippen MR) is 92.1 cm³/mol. The van der Waals surface area contributed by atoms with E-state index in [4.69, 9.17) is 4.74 Å². The number of carbonyl (C=O) groups excluding carboxylic acids is 1. The van der Waals surface area contributed by atoms with Crippen LogP contribution in [0.4, 0.5) is 4.39 Å². The van der Waals surface area contributed by atoms with E-state index in [9.17, 15) is 9.18 Å². The summed E-state index contributed by atoms with van der Waals surface area (Å²) < 4.78 is 21.1. The topological polar surface area (TPSA) is 37.7 Å². The quantitative estimate of drug-likeness (QED) is 0.857. The number of ether oxygens (including phenoxy) is 1.